The molecule has 2 fully saturated rings. The quantitative estimate of drug-likeness (QED) is 0.531. The lowest BCUT2D eigenvalue weighted by Crippen LogP contribution is -2.53. The van der Waals surface area contributed by atoms with Crippen LogP contribution in [0.3, 0.4) is 0 Å². The van der Waals surface area contributed by atoms with Gasteiger partial charge in [-0.15, -0.1) is 17.9 Å². The zero-order valence-electron chi connectivity index (χ0n) is 18.1. The van der Waals surface area contributed by atoms with Gasteiger partial charge in [0, 0.05) is 67.2 Å². The highest BCUT2D eigenvalue weighted by atomic mass is 79.9. The summed E-state index contributed by atoms with van der Waals surface area (Å²) in [5, 5.41) is 5.16. The number of nitrogens with zero attached hydrogens (tertiary/aromatic N) is 3. The number of likely N-dealkylation sites (tertiary alicyclic amines) is 2. The van der Waals surface area contributed by atoms with Crippen molar-refractivity contribution in [3.8, 4) is 0 Å². The van der Waals surface area contributed by atoms with Crippen molar-refractivity contribution in [3.63, 3.8) is 0 Å². The van der Waals surface area contributed by atoms with Crippen molar-refractivity contribution in [1.82, 2.24) is 20.0 Å². The average molecular weight is 496 g/mol. The highest BCUT2D eigenvalue weighted by Crippen LogP contribution is 2.27. The number of urea groups is 1. The monoisotopic (exact) mass is 494 g/mol. The lowest BCUT2D eigenvalue weighted by atomic mass is 9.97. The largest absolute Gasteiger partial charge is 0.335 e. The number of thiophene rings is 1. The van der Waals surface area contributed by atoms with Crippen LogP contribution in [-0.4, -0.2) is 72.1 Å². The standard InChI is InChI=1S/C23H35BrN4OS/c1-3-5-11-25-23(29)28(12-4-2)20-8-15-27(16-9-20)19-6-13-26(14-7-19)18-22-21(24)10-17-30-22/h3-5,10,17,19-20H,2,6-9,11-16,18H2,1H3,(H,25,29)/b5-3-. The van der Waals surface area contributed by atoms with Gasteiger partial charge in [0.25, 0.3) is 0 Å². The van der Waals surface area contributed by atoms with Gasteiger partial charge in [0.05, 0.1) is 0 Å². The topological polar surface area (TPSA) is 38.8 Å². The number of halogens is 1. The van der Waals surface area contributed by atoms with Crippen molar-refractivity contribution in [2.24, 2.45) is 0 Å². The third-order valence-corrected chi connectivity index (χ3v) is 8.18. The Morgan fingerprint density at radius 2 is 2.03 bits per heavy atom. The van der Waals surface area contributed by atoms with Crippen LogP contribution in [0.2, 0.25) is 0 Å². The number of allylic oxidation sites excluding steroid dienone is 1. The van der Waals surface area contributed by atoms with Gasteiger partial charge < -0.3 is 15.1 Å². The van der Waals surface area contributed by atoms with E-state index in [2.05, 4.69) is 49.1 Å². The molecule has 0 bridgehead atoms. The normalized spacial score (nSPS) is 19.9. The summed E-state index contributed by atoms with van der Waals surface area (Å²) in [5.41, 5.74) is 0. The van der Waals surface area contributed by atoms with Gasteiger partial charge in [-0.25, -0.2) is 4.79 Å². The molecule has 2 aliphatic heterocycles. The van der Waals surface area contributed by atoms with Crippen LogP contribution in [0.1, 0.15) is 37.5 Å². The number of carbonyl (C=O) groups is 1. The molecule has 0 aliphatic carbocycles. The fraction of sp³-hybridized carbons (Fsp3) is 0.609. The summed E-state index contributed by atoms with van der Waals surface area (Å²) in [7, 11) is 0. The van der Waals surface area contributed by atoms with E-state index >= 15 is 0 Å². The minimum absolute atomic E-state index is 0.0273. The Labute approximate surface area is 193 Å². The smallest absolute Gasteiger partial charge is 0.318 e. The first-order valence-corrected chi connectivity index (χ1v) is 12.7. The van der Waals surface area contributed by atoms with Crippen molar-refractivity contribution < 1.29 is 4.79 Å². The van der Waals surface area contributed by atoms with E-state index in [9.17, 15) is 4.79 Å². The summed E-state index contributed by atoms with van der Waals surface area (Å²) < 4.78 is 1.25. The highest BCUT2D eigenvalue weighted by Gasteiger charge is 2.31. The molecule has 0 unspecified atom stereocenters. The Kier molecular flexibility index (Phi) is 9.43. The molecule has 3 rings (SSSR count). The minimum Gasteiger partial charge on any atom is -0.335 e. The first kappa shape index (κ1) is 23.5. The summed E-state index contributed by atoms with van der Waals surface area (Å²) in [6, 6.07) is 3.17. The van der Waals surface area contributed by atoms with E-state index in [1.807, 2.05) is 41.4 Å². The van der Waals surface area contributed by atoms with Crippen LogP contribution in [0.15, 0.2) is 40.7 Å². The molecule has 0 saturated carbocycles. The number of hydrogen-bond acceptors (Lipinski definition) is 4. The Balaban J connectivity index is 1.44. The number of carbonyl (C=O) groups excluding carboxylic acids is 1. The van der Waals surface area contributed by atoms with Crippen LogP contribution < -0.4 is 5.32 Å². The predicted octanol–water partition coefficient (Wildman–Crippen LogP) is 4.71. The molecule has 0 radical (unpaired) electrons. The molecule has 2 amide bonds. The number of rotatable bonds is 8. The molecule has 166 valence electrons. The van der Waals surface area contributed by atoms with E-state index in [4.69, 9.17) is 0 Å². The predicted molar refractivity (Wildman–Crippen MR) is 130 cm³/mol. The van der Waals surface area contributed by atoms with Gasteiger partial charge in [0.2, 0.25) is 0 Å². The number of nitrogens with one attached hydrogen (secondary N) is 1. The summed E-state index contributed by atoms with van der Waals surface area (Å²) in [4.78, 5) is 21.2. The van der Waals surface area contributed by atoms with Crippen LogP contribution in [0, 0.1) is 0 Å². The first-order valence-electron chi connectivity index (χ1n) is 11.1. The van der Waals surface area contributed by atoms with Crippen molar-refractivity contribution in [2.75, 3.05) is 39.3 Å². The Morgan fingerprint density at radius 3 is 2.63 bits per heavy atom. The third kappa shape index (κ3) is 6.42. The van der Waals surface area contributed by atoms with E-state index in [0.29, 0.717) is 25.2 Å². The van der Waals surface area contributed by atoms with Crippen LogP contribution in [0.4, 0.5) is 4.79 Å². The summed E-state index contributed by atoms with van der Waals surface area (Å²) >= 11 is 5.50. The van der Waals surface area contributed by atoms with Crippen LogP contribution in [-0.2, 0) is 6.54 Å². The van der Waals surface area contributed by atoms with E-state index in [0.717, 1.165) is 32.5 Å². The third-order valence-electron chi connectivity index (χ3n) is 6.27. The zero-order chi connectivity index (χ0) is 21.3. The number of piperidine rings is 2. The molecule has 1 N–H and O–H groups in total. The summed E-state index contributed by atoms with van der Waals surface area (Å²) in [6.07, 6.45) is 10.3. The van der Waals surface area contributed by atoms with E-state index in [1.165, 1.54) is 35.3 Å². The van der Waals surface area contributed by atoms with Gasteiger partial charge in [-0.1, -0.05) is 18.2 Å². The summed E-state index contributed by atoms with van der Waals surface area (Å²) in [6.45, 7) is 12.6. The minimum atomic E-state index is 0.0273. The van der Waals surface area contributed by atoms with Crippen LogP contribution in [0.5, 0.6) is 0 Å². The fourth-order valence-electron chi connectivity index (χ4n) is 4.55. The maximum Gasteiger partial charge on any atom is 0.318 e. The molecule has 3 heterocycles. The second-order valence-electron chi connectivity index (χ2n) is 8.16. The molecule has 1 aromatic heterocycles. The Bertz CT molecular complexity index is 706. The van der Waals surface area contributed by atoms with Crippen molar-refractivity contribution in [2.45, 2.75) is 51.2 Å². The van der Waals surface area contributed by atoms with Gasteiger partial charge in [-0.3, -0.25) is 4.90 Å². The van der Waals surface area contributed by atoms with E-state index < -0.39 is 0 Å². The average Bonchev–Trinajstić information content (AvgIpc) is 3.17. The maximum atomic E-state index is 12.6. The van der Waals surface area contributed by atoms with E-state index in [-0.39, 0.29) is 6.03 Å². The summed E-state index contributed by atoms with van der Waals surface area (Å²) in [5.74, 6) is 0. The van der Waals surface area contributed by atoms with Crippen LogP contribution in [0.25, 0.3) is 0 Å². The fourth-order valence-corrected chi connectivity index (χ4v) is 6.07. The first-order chi connectivity index (χ1) is 14.6. The van der Waals surface area contributed by atoms with Crippen molar-refractivity contribution in [1.29, 1.82) is 0 Å². The molecule has 5 nitrogen and oxygen atoms in total. The molecule has 7 heteroatoms. The Morgan fingerprint density at radius 1 is 1.30 bits per heavy atom. The maximum absolute atomic E-state index is 12.6. The number of amides is 2. The van der Waals surface area contributed by atoms with Crippen molar-refractivity contribution in [3.05, 3.63) is 45.6 Å². The zero-order valence-corrected chi connectivity index (χ0v) is 20.5. The number of hydrogen-bond donors (Lipinski definition) is 1. The lowest BCUT2D eigenvalue weighted by Gasteiger charge is -2.43. The van der Waals surface area contributed by atoms with Crippen molar-refractivity contribution >= 4 is 33.3 Å². The molecule has 0 atom stereocenters. The SMILES string of the molecule is C=CCN(C(=O)NC/C=C\C)C1CCN(C2CCN(Cc3sccc3Br)CC2)CC1. The molecular weight excluding hydrogens is 460 g/mol. The second kappa shape index (κ2) is 12.0. The Hall–Kier alpha value is -1.15. The second-order valence-corrected chi connectivity index (χ2v) is 10.0. The van der Waals surface area contributed by atoms with Gasteiger partial charge in [0.15, 0.2) is 0 Å². The molecule has 2 aliphatic rings. The molecule has 30 heavy (non-hydrogen) atoms. The van der Waals surface area contributed by atoms with Gasteiger partial charge in [-0.05, 0) is 60.0 Å². The highest BCUT2D eigenvalue weighted by molar-refractivity contribution is 9.10. The van der Waals surface area contributed by atoms with Gasteiger partial charge in [-0.2, -0.15) is 0 Å². The molecule has 1 aromatic rings. The molecule has 2 saturated heterocycles. The van der Waals surface area contributed by atoms with E-state index in [1.54, 1.807) is 0 Å². The molecular formula is C23H35BrN4OS. The van der Waals surface area contributed by atoms with Gasteiger partial charge in [0.1, 0.15) is 0 Å². The van der Waals surface area contributed by atoms with Crippen LogP contribution >= 0.6 is 27.3 Å². The van der Waals surface area contributed by atoms with Gasteiger partial charge >= 0.3 is 6.03 Å². The lowest BCUT2D eigenvalue weighted by molar-refractivity contribution is 0.0641. The molecule has 0 spiro atoms. The molecule has 0 aromatic carbocycles.